The molecule has 336 valence electrons. The van der Waals surface area contributed by atoms with Crippen LogP contribution in [0.3, 0.4) is 0 Å². The summed E-state index contributed by atoms with van der Waals surface area (Å²) in [7, 11) is 0. The predicted molar refractivity (Wildman–Crippen MR) is 279 cm³/mol. The summed E-state index contributed by atoms with van der Waals surface area (Å²) in [6.07, 6.45) is 4.34. The number of aliphatic imine (C=N–C) groups is 2. The van der Waals surface area contributed by atoms with Crippen LogP contribution in [0.4, 0.5) is 22.7 Å². The quantitative estimate of drug-likeness (QED) is 0.110. The summed E-state index contributed by atoms with van der Waals surface area (Å²) in [5, 5.41) is 7.43. The topological polar surface area (TPSA) is 48.8 Å². The van der Waals surface area contributed by atoms with Crippen molar-refractivity contribution in [1.82, 2.24) is 0 Å². The molecule has 0 bridgehead atoms. The molecule has 62 heavy (non-hydrogen) atoms. The number of nitrogens with one attached hydrogen (secondary N) is 2. The Morgan fingerprint density at radius 1 is 0.339 bits per heavy atom. The van der Waals surface area contributed by atoms with Crippen LogP contribution in [0.2, 0.25) is 0 Å². The molecule has 0 aliphatic heterocycles. The summed E-state index contributed by atoms with van der Waals surface area (Å²) in [5.74, 6) is 3.65. The number of anilines is 2. The van der Waals surface area contributed by atoms with Crippen LogP contribution in [0.5, 0.6) is 0 Å². The van der Waals surface area contributed by atoms with Crippen molar-refractivity contribution in [2.75, 3.05) is 10.6 Å². The zero-order valence-corrected chi connectivity index (χ0v) is 42.6. The van der Waals surface area contributed by atoms with Gasteiger partial charge in [-0.25, -0.2) is 0 Å². The second-order valence-electron chi connectivity index (χ2n) is 19.8. The van der Waals surface area contributed by atoms with Crippen molar-refractivity contribution in [3.8, 4) is 0 Å². The molecule has 4 heteroatoms. The molecular formula is C58H84N4. The molecule has 4 aromatic carbocycles. The monoisotopic (exact) mass is 837 g/mol. The standard InChI is InChI=1S/2C29H42N2/c2*1-18(2)24-13-11-14-25(19(3)4)28(24)30-22(9)17-23(10)31-29-26(20(5)6)15-12-16-27(29)21(7)8/h2*11-21,30H,1-10H3/b2*22-17-,31-23+. The van der Waals surface area contributed by atoms with Crippen molar-refractivity contribution in [2.45, 2.75) is 186 Å². The molecule has 2 N–H and O–H groups in total. The molecule has 0 radical (unpaired) electrons. The Bertz CT molecular complexity index is 1940. The lowest BCUT2D eigenvalue weighted by Gasteiger charge is -2.21. The Morgan fingerprint density at radius 3 is 0.726 bits per heavy atom. The van der Waals surface area contributed by atoms with Crippen molar-refractivity contribution in [3.63, 3.8) is 0 Å². The van der Waals surface area contributed by atoms with Crippen LogP contribution >= 0.6 is 0 Å². The Hall–Kier alpha value is -4.70. The second-order valence-corrected chi connectivity index (χ2v) is 19.8. The fourth-order valence-electron chi connectivity index (χ4n) is 8.18. The third kappa shape index (κ3) is 14.2. The molecule has 0 unspecified atom stereocenters. The molecule has 0 heterocycles. The van der Waals surface area contributed by atoms with E-state index < -0.39 is 0 Å². The van der Waals surface area contributed by atoms with E-state index in [-0.39, 0.29) is 0 Å². The van der Waals surface area contributed by atoms with Gasteiger partial charge >= 0.3 is 0 Å². The summed E-state index contributed by atoms with van der Waals surface area (Å²) in [4.78, 5) is 10.2. The average Bonchev–Trinajstić information content (AvgIpc) is 3.17. The van der Waals surface area contributed by atoms with Crippen LogP contribution < -0.4 is 10.6 Å². The van der Waals surface area contributed by atoms with Crippen LogP contribution in [-0.4, -0.2) is 11.4 Å². The highest BCUT2D eigenvalue weighted by Crippen LogP contribution is 2.38. The Labute approximate surface area is 380 Å². The number of benzene rings is 4. The molecule has 4 nitrogen and oxygen atoms in total. The summed E-state index contributed by atoms with van der Waals surface area (Å²) >= 11 is 0. The van der Waals surface area contributed by atoms with Gasteiger partial charge in [0.05, 0.1) is 11.4 Å². The van der Waals surface area contributed by atoms with Gasteiger partial charge in [-0.3, -0.25) is 9.98 Å². The second kappa shape index (κ2) is 23.7. The molecule has 4 rings (SSSR count). The SMILES string of the molecule is C/C(=C/C(C)=N/c1c(C(C)C)cccc1C(C)C)Nc1c(C(C)C)cccc1C(C)C.C/C(=C/C(C)=N/c1c(C(C)C)cccc1C(C)C)Nc1c(C(C)C)cccc1C(C)C. The van der Waals surface area contributed by atoms with Gasteiger partial charge in [0.1, 0.15) is 0 Å². The normalized spacial score (nSPS) is 13.1. The zero-order valence-electron chi connectivity index (χ0n) is 42.6. The first kappa shape index (κ1) is 51.6. The van der Waals surface area contributed by atoms with E-state index in [9.17, 15) is 0 Å². The Morgan fingerprint density at radius 2 is 0.532 bits per heavy atom. The van der Waals surface area contributed by atoms with Gasteiger partial charge in [0.15, 0.2) is 0 Å². The molecule has 0 atom stereocenters. The lowest BCUT2D eigenvalue weighted by molar-refractivity contribution is 0.834. The van der Waals surface area contributed by atoms with Gasteiger partial charge in [-0.05, 0) is 132 Å². The van der Waals surface area contributed by atoms with E-state index in [1.54, 1.807) is 0 Å². The molecule has 0 aliphatic rings. The summed E-state index contributed by atoms with van der Waals surface area (Å²) in [6, 6.07) is 26.5. The maximum Gasteiger partial charge on any atom is 0.0701 e. The first-order valence-electron chi connectivity index (χ1n) is 23.6. The van der Waals surface area contributed by atoms with E-state index in [1.807, 2.05) is 0 Å². The van der Waals surface area contributed by atoms with Gasteiger partial charge in [0.2, 0.25) is 0 Å². The van der Waals surface area contributed by atoms with Gasteiger partial charge in [0, 0.05) is 34.2 Å². The smallest absolute Gasteiger partial charge is 0.0701 e. The number of hydrogen-bond donors (Lipinski definition) is 2. The largest absolute Gasteiger partial charge is 0.359 e. The van der Waals surface area contributed by atoms with Gasteiger partial charge < -0.3 is 10.6 Å². The van der Waals surface area contributed by atoms with Crippen LogP contribution in [0.1, 0.15) is 230 Å². The number of para-hydroxylation sites is 4. The third-order valence-electron chi connectivity index (χ3n) is 11.5. The molecule has 0 spiro atoms. The minimum Gasteiger partial charge on any atom is -0.359 e. The van der Waals surface area contributed by atoms with Gasteiger partial charge in [0.25, 0.3) is 0 Å². The first-order chi connectivity index (χ1) is 29.0. The number of nitrogens with zero attached hydrogens (tertiary/aromatic N) is 2. The fourth-order valence-corrected chi connectivity index (χ4v) is 8.18. The van der Waals surface area contributed by atoms with Crippen molar-refractivity contribution in [1.29, 1.82) is 0 Å². The van der Waals surface area contributed by atoms with Crippen LogP contribution in [0.25, 0.3) is 0 Å². The number of rotatable bonds is 16. The summed E-state index contributed by atoms with van der Waals surface area (Å²) in [5.41, 5.74) is 19.8. The molecule has 0 aromatic heterocycles. The number of hydrogen-bond acceptors (Lipinski definition) is 4. The summed E-state index contributed by atoms with van der Waals surface area (Å²) in [6.45, 7) is 44.5. The lowest BCUT2D eigenvalue weighted by Crippen LogP contribution is -2.07. The molecule has 0 aliphatic carbocycles. The van der Waals surface area contributed by atoms with Crippen molar-refractivity contribution in [2.24, 2.45) is 9.98 Å². The molecule has 0 saturated heterocycles. The average molecular weight is 837 g/mol. The van der Waals surface area contributed by atoms with E-state index in [1.165, 1.54) is 55.9 Å². The Kier molecular flexibility index (Phi) is 19.7. The van der Waals surface area contributed by atoms with Gasteiger partial charge in [-0.1, -0.05) is 184 Å². The van der Waals surface area contributed by atoms with Crippen LogP contribution in [-0.2, 0) is 0 Å². The highest BCUT2D eigenvalue weighted by atomic mass is 14.9. The maximum atomic E-state index is 5.10. The highest BCUT2D eigenvalue weighted by Gasteiger charge is 2.18. The fraction of sp³-hybridized carbons (Fsp3) is 0.483. The minimum absolute atomic E-state index is 0.444. The molecular weight excluding hydrogens is 753 g/mol. The van der Waals surface area contributed by atoms with E-state index in [4.69, 9.17) is 9.98 Å². The van der Waals surface area contributed by atoms with Crippen molar-refractivity contribution >= 4 is 34.2 Å². The predicted octanol–water partition coefficient (Wildman–Crippen LogP) is 18.6. The van der Waals surface area contributed by atoms with Gasteiger partial charge in [-0.15, -0.1) is 0 Å². The van der Waals surface area contributed by atoms with E-state index in [2.05, 4.69) is 234 Å². The van der Waals surface area contributed by atoms with Crippen LogP contribution in [0, 0.1) is 0 Å². The lowest BCUT2D eigenvalue weighted by atomic mass is 9.92. The minimum atomic E-state index is 0.444. The summed E-state index contributed by atoms with van der Waals surface area (Å²) < 4.78 is 0. The maximum absolute atomic E-state index is 5.10. The molecule has 0 amide bonds. The molecule has 0 fully saturated rings. The van der Waals surface area contributed by atoms with E-state index in [0.29, 0.717) is 47.3 Å². The third-order valence-corrected chi connectivity index (χ3v) is 11.5. The van der Waals surface area contributed by atoms with Crippen molar-refractivity contribution in [3.05, 3.63) is 141 Å². The zero-order chi connectivity index (χ0) is 46.6. The highest BCUT2D eigenvalue weighted by molar-refractivity contribution is 5.97. The Balaban J connectivity index is 0.000000330. The van der Waals surface area contributed by atoms with E-state index >= 15 is 0 Å². The van der Waals surface area contributed by atoms with Gasteiger partial charge in [-0.2, -0.15) is 0 Å². The van der Waals surface area contributed by atoms with Crippen LogP contribution in [0.15, 0.2) is 106 Å². The van der Waals surface area contributed by atoms with Crippen molar-refractivity contribution < 1.29 is 0 Å². The first-order valence-corrected chi connectivity index (χ1v) is 23.6. The number of allylic oxidation sites excluding steroid dienone is 4. The molecule has 4 aromatic rings. The molecule has 0 saturated carbocycles. The van der Waals surface area contributed by atoms with E-state index in [0.717, 1.165) is 34.2 Å².